The lowest BCUT2D eigenvalue weighted by molar-refractivity contribution is 0.122. The normalized spacial score (nSPS) is 27.3. The summed E-state index contributed by atoms with van der Waals surface area (Å²) in [5.41, 5.74) is 0.530. The molecule has 2 saturated carbocycles. The summed E-state index contributed by atoms with van der Waals surface area (Å²) >= 11 is 0. The van der Waals surface area contributed by atoms with Gasteiger partial charge in [0.15, 0.2) is 0 Å². The molecular weight excluding hydrogens is 288 g/mol. The number of aromatic nitrogens is 2. The highest BCUT2D eigenvalue weighted by Crippen LogP contribution is 2.49. The van der Waals surface area contributed by atoms with E-state index in [1.807, 2.05) is 12.3 Å². The molecule has 126 valence electrons. The number of anilines is 2. The number of morpholine rings is 1. The van der Waals surface area contributed by atoms with Crippen LogP contribution in [0.5, 0.6) is 0 Å². The number of hydrogen-bond donors (Lipinski definition) is 1. The molecule has 23 heavy (non-hydrogen) atoms. The van der Waals surface area contributed by atoms with Crippen molar-refractivity contribution >= 4 is 11.8 Å². The Morgan fingerprint density at radius 1 is 1.09 bits per heavy atom. The van der Waals surface area contributed by atoms with Crippen LogP contribution in [0.2, 0.25) is 0 Å². The Morgan fingerprint density at radius 3 is 2.61 bits per heavy atom. The predicted octanol–water partition coefficient (Wildman–Crippen LogP) is 3.23. The summed E-state index contributed by atoms with van der Waals surface area (Å²) in [6, 6.07) is 2.62. The second kappa shape index (κ2) is 6.63. The van der Waals surface area contributed by atoms with Crippen molar-refractivity contribution in [1.29, 1.82) is 0 Å². The van der Waals surface area contributed by atoms with Gasteiger partial charge in [-0.3, -0.25) is 0 Å². The fourth-order valence-electron chi connectivity index (χ4n) is 4.73. The van der Waals surface area contributed by atoms with Crippen LogP contribution in [-0.4, -0.2) is 42.3 Å². The topological polar surface area (TPSA) is 50.3 Å². The van der Waals surface area contributed by atoms with Crippen molar-refractivity contribution in [3.05, 3.63) is 12.3 Å². The van der Waals surface area contributed by atoms with E-state index in [1.165, 1.54) is 51.4 Å². The first-order chi connectivity index (χ1) is 11.4. The molecular formula is C18H28N4O. The Bertz CT molecular complexity index is 524. The van der Waals surface area contributed by atoms with Crippen LogP contribution in [0.25, 0.3) is 0 Å². The summed E-state index contributed by atoms with van der Waals surface area (Å²) in [6.07, 6.45) is 12.9. The standard InChI is InChI=1S/C18H28N4O/c1-2-7-18(8-3-4-9-18)15(5-1)20-16-6-10-19-17(21-16)22-11-13-23-14-12-22/h6,10,15H,1-5,7-9,11-14H2,(H,19,20,21)/t15-/m1/s1. The van der Waals surface area contributed by atoms with Gasteiger partial charge < -0.3 is 15.0 Å². The van der Waals surface area contributed by atoms with Gasteiger partial charge in [0, 0.05) is 25.3 Å². The molecule has 3 fully saturated rings. The molecule has 0 unspecified atom stereocenters. The fourth-order valence-corrected chi connectivity index (χ4v) is 4.73. The number of hydrogen-bond acceptors (Lipinski definition) is 5. The van der Waals surface area contributed by atoms with Crippen LogP contribution in [0.1, 0.15) is 51.4 Å². The molecule has 0 radical (unpaired) electrons. The average molecular weight is 316 g/mol. The molecule has 5 nitrogen and oxygen atoms in total. The highest BCUT2D eigenvalue weighted by atomic mass is 16.5. The van der Waals surface area contributed by atoms with Crippen molar-refractivity contribution in [1.82, 2.24) is 9.97 Å². The van der Waals surface area contributed by atoms with Crippen molar-refractivity contribution < 1.29 is 4.74 Å². The minimum atomic E-state index is 0.530. The Hall–Kier alpha value is -1.36. The summed E-state index contributed by atoms with van der Waals surface area (Å²) in [5, 5.41) is 3.78. The maximum absolute atomic E-state index is 5.42. The van der Waals surface area contributed by atoms with E-state index >= 15 is 0 Å². The van der Waals surface area contributed by atoms with Crippen LogP contribution in [0.4, 0.5) is 11.8 Å². The van der Waals surface area contributed by atoms with Crippen molar-refractivity contribution in [2.45, 2.75) is 57.4 Å². The van der Waals surface area contributed by atoms with Crippen LogP contribution < -0.4 is 10.2 Å². The molecule has 1 spiro atoms. The van der Waals surface area contributed by atoms with E-state index in [2.05, 4.69) is 15.2 Å². The minimum absolute atomic E-state index is 0.530. The smallest absolute Gasteiger partial charge is 0.227 e. The monoisotopic (exact) mass is 316 g/mol. The highest BCUT2D eigenvalue weighted by molar-refractivity contribution is 5.42. The van der Waals surface area contributed by atoms with Crippen molar-refractivity contribution in [3.8, 4) is 0 Å². The van der Waals surface area contributed by atoms with Crippen LogP contribution in [0.3, 0.4) is 0 Å². The van der Waals surface area contributed by atoms with Crippen LogP contribution >= 0.6 is 0 Å². The molecule has 2 aliphatic carbocycles. The van der Waals surface area contributed by atoms with Gasteiger partial charge in [0.05, 0.1) is 13.2 Å². The van der Waals surface area contributed by atoms with Crippen LogP contribution in [0.15, 0.2) is 12.3 Å². The van der Waals surface area contributed by atoms with Crippen molar-refractivity contribution in [3.63, 3.8) is 0 Å². The van der Waals surface area contributed by atoms with Gasteiger partial charge in [-0.05, 0) is 37.2 Å². The Balaban J connectivity index is 1.49. The lowest BCUT2D eigenvalue weighted by Crippen LogP contribution is -2.42. The zero-order valence-electron chi connectivity index (χ0n) is 14.0. The van der Waals surface area contributed by atoms with E-state index in [4.69, 9.17) is 9.72 Å². The molecule has 1 atom stereocenters. The minimum Gasteiger partial charge on any atom is -0.378 e. The number of rotatable bonds is 3. The molecule has 2 heterocycles. The highest BCUT2D eigenvalue weighted by Gasteiger charge is 2.42. The van der Waals surface area contributed by atoms with Crippen molar-refractivity contribution in [2.75, 3.05) is 36.5 Å². The third-order valence-electron chi connectivity index (χ3n) is 6.01. The molecule has 0 bridgehead atoms. The molecule has 3 aliphatic rings. The van der Waals surface area contributed by atoms with Gasteiger partial charge in [-0.1, -0.05) is 25.7 Å². The van der Waals surface area contributed by atoms with E-state index in [1.54, 1.807) is 0 Å². The maximum atomic E-state index is 5.42. The third-order valence-corrected chi connectivity index (χ3v) is 6.01. The van der Waals surface area contributed by atoms with Gasteiger partial charge in [-0.25, -0.2) is 4.98 Å². The first-order valence-electron chi connectivity index (χ1n) is 9.28. The lowest BCUT2D eigenvalue weighted by Gasteiger charge is -2.42. The summed E-state index contributed by atoms with van der Waals surface area (Å²) in [6.45, 7) is 3.31. The number of nitrogens with zero attached hydrogens (tertiary/aromatic N) is 3. The third kappa shape index (κ3) is 3.16. The van der Waals surface area contributed by atoms with E-state index in [-0.39, 0.29) is 0 Å². The fraction of sp³-hybridized carbons (Fsp3) is 0.778. The van der Waals surface area contributed by atoms with E-state index in [0.29, 0.717) is 11.5 Å². The van der Waals surface area contributed by atoms with E-state index in [9.17, 15) is 0 Å². The Morgan fingerprint density at radius 2 is 1.83 bits per heavy atom. The molecule has 0 aromatic carbocycles. The molecule has 1 aromatic heterocycles. The molecule has 1 aliphatic heterocycles. The Labute approximate surface area is 138 Å². The zero-order chi connectivity index (χ0) is 15.5. The van der Waals surface area contributed by atoms with Gasteiger partial charge in [0.2, 0.25) is 5.95 Å². The van der Waals surface area contributed by atoms with E-state index < -0.39 is 0 Å². The van der Waals surface area contributed by atoms with Gasteiger partial charge in [-0.2, -0.15) is 4.98 Å². The first kappa shape index (κ1) is 15.2. The maximum Gasteiger partial charge on any atom is 0.227 e. The molecule has 5 heteroatoms. The van der Waals surface area contributed by atoms with Crippen LogP contribution in [0, 0.1) is 5.41 Å². The number of ether oxygens (including phenoxy) is 1. The average Bonchev–Trinajstić information content (AvgIpc) is 3.07. The quantitative estimate of drug-likeness (QED) is 0.928. The van der Waals surface area contributed by atoms with Gasteiger partial charge in [-0.15, -0.1) is 0 Å². The van der Waals surface area contributed by atoms with Crippen molar-refractivity contribution in [2.24, 2.45) is 5.41 Å². The summed E-state index contributed by atoms with van der Waals surface area (Å²) in [4.78, 5) is 11.5. The molecule has 0 amide bonds. The molecule has 4 rings (SSSR count). The summed E-state index contributed by atoms with van der Waals surface area (Å²) < 4.78 is 5.42. The molecule has 1 N–H and O–H groups in total. The summed E-state index contributed by atoms with van der Waals surface area (Å²) in [7, 11) is 0. The first-order valence-corrected chi connectivity index (χ1v) is 9.28. The Kier molecular flexibility index (Phi) is 4.38. The largest absolute Gasteiger partial charge is 0.378 e. The van der Waals surface area contributed by atoms with Gasteiger partial charge in [0.1, 0.15) is 5.82 Å². The van der Waals surface area contributed by atoms with Crippen LogP contribution in [-0.2, 0) is 4.74 Å². The lowest BCUT2D eigenvalue weighted by atomic mass is 9.69. The predicted molar refractivity (Wildman–Crippen MR) is 91.8 cm³/mol. The van der Waals surface area contributed by atoms with Gasteiger partial charge in [0.25, 0.3) is 0 Å². The second-order valence-electron chi connectivity index (χ2n) is 7.35. The zero-order valence-corrected chi connectivity index (χ0v) is 14.0. The SMILES string of the molecule is c1cc(N[C@@H]2CCCCC23CCCC3)nc(N2CCOCC2)n1. The van der Waals surface area contributed by atoms with E-state index in [0.717, 1.165) is 38.1 Å². The molecule has 1 aromatic rings. The number of nitrogens with one attached hydrogen (secondary N) is 1. The van der Waals surface area contributed by atoms with Gasteiger partial charge >= 0.3 is 0 Å². The molecule has 1 saturated heterocycles. The summed E-state index contributed by atoms with van der Waals surface area (Å²) in [5.74, 6) is 1.84. The second-order valence-corrected chi connectivity index (χ2v) is 7.35.